The van der Waals surface area contributed by atoms with E-state index in [1.807, 2.05) is 17.9 Å². The molecule has 0 unspecified atom stereocenters. The van der Waals surface area contributed by atoms with Crippen molar-refractivity contribution in [2.45, 2.75) is 44.9 Å². The molecule has 3 heterocycles. The molecule has 7 nitrogen and oxygen atoms in total. The second kappa shape index (κ2) is 8.91. The van der Waals surface area contributed by atoms with Crippen LogP contribution in [0.2, 0.25) is 0 Å². The highest BCUT2D eigenvalue weighted by Crippen LogP contribution is 2.37. The zero-order valence-corrected chi connectivity index (χ0v) is 17.0. The topological polar surface area (TPSA) is 77.2 Å². The van der Waals surface area contributed by atoms with Gasteiger partial charge in [0.15, 0.2) is 5.82 Å². The molecule has 1 saturated heterocycles. The number of piperidine rings is 1. The van der Waals surface area contributed by atoms with Crippen LogP contribution in [0.3, 0.4) is 0 Å². The highest BCUT2D eigenvalue weighted by molar-refractivity contribution is 5.49. The van der Waals surface area contributed by atoms with Gasteiger partial charge in [-0.15, -0.1) is 20.4 Å². The van der Waals surface area contributed by atoms with Crippen LogP contribution in [0.1, 0.15) is 37.6 Å². The lowest BCUT2D eigenvalue weighted by Crippen LogP contribution is -2.39. The lowest BCUT2D eigenvalue weighted by Gasteiger charge is -2.33. The number of nitrogens with zero attached hydrogens (tertiary/aromatic N) is 5. The molecule has 0 atom stereocenters. The van der Waals surface area contributed by atoms with Crippen LogP contribution in [0.5, 0.6) is 5.75 Å². The fraction of sp³-hybridized carbons (Fsp3) is 0.429. The van der Waals surface area contributed by atoms with Crippen molar-refractivity contribution in [2.24, 2.45) is 0 Å². The SMILES string of the molecule is CCCc1nnc(-c2ccc(N3CCC(Oc4ccccc4C(F)(F)F)CC3)nn2)o1. The Kier molecular flexibility index (Phi) is 6.06. The number of para-hydroxylation sites is 1. The number of aromatic nitrogens is 4. The first-order valence-corrected chi connectivity index (χ1v) is 10.2. The zero-order valence-electron chi connectivity index (χ0n) is 17.0. The molecule has 4 rings (SSSR count). The van der Waals surface area contributed by atoms with Crippen molar-refractivity contribution in [3.8, 4) is 17.3 Å². The van der Waals surface area contributed by atoms with Crippen molar-refractivity contribution in [1.29, 1.82) is 0 Å². The third-order valence-electron chi connectivity index (χ3n) is 5.05. The molecule has 1 aliphatic rings. The highest BCUT2D eigenvalue weighted by Gasteiger charge is 2.35. The number of halogens is 3. The van der Waals surface area contributed by atoms with Crippen LogP contribution >= 0.6 is 0 Å². The number of rotatable bonds is 6. The van der Waals surface area contributed by atoms with Gasteiger partial charge in [0.05, 0.1) is 5.56 Å². The molecule has 1 fully saturated rings. The van der Waals surface area contributed by atoms with Gasteiger partial charge in [0.2, 0.25) is 5.89 Å². The van der Waals surface area contributed by atoms with E-state index in [0.717, 1.165) is 12.5 Å². The minimum absolute atomic E-state index is 0.125. The predicted molar refractivity (Wildman–Crippen MR) is 107 cm³/mol. The lowest BCUT2D eigenvalue weighted by atomic mass is 10.1. The number of aryl methyl sites for hydroxylation is 1. The third kappa shape index (κ3) is 4.95. The predicted octanol–water partition coefficient (Wildman–Crippen LogP) is 4.55. The maximum absolute atomic E-state index is 13.2. The van der Waals surface area contributed by atoms with E-state index in [-0.39, 0.29) is 11.9 Å². The van der Waals surface area contributed by atoms with Gasteiger partial charge < -0.3 is 14.1 Å². The molecule has 0 amide bonds. The van der Waals surface area contributed by atoms with Crippen LogP contribution in [0.25, 0.3) is 11.6 Å². The van der Waals surface area contributed by atoms with Gasteiger partial charge in [0.25, 0.3) is 5.89 Å². The Balaban J connectivity index is 1.36. The van der Waals surface area contributed by atoms with Crippen LogP contribution in [0.15, 0.2) is 40.8 Å². The summed E-state index contributed by atoms with van der Waals surface area (Å²) in [4.78, 5) is 2.03. The number of ether oxygens (including phenoxy) is 1. The Labute approximate surface area is 177 Å². The van der Waals surface area contributed by atoms with E-state index < -0.39 is 11.7 Å². The van der Waals surface area contributed by atoms with Crippen LogP contribution in [0.4, 0.5) is 19.0 Å². The average Bonchev–Trinajstić information content (AvgIpc) is 3.23. The Morgan fingerprint density at radius 1 is 1.03 bits per heavy atom. The van der Waals surface area contributed by atoms with Crippen LogP contribution < -0.4 is 9.64 Å². The van der Waals surface area contributed by atoms with Gasteiger partial charge in [-0.05, 0) is 30.7 Å². The number of hydrogen-bond acceptors (Lipinski definition) is 7. The lowest BCUT2D eigenvalue weighted by molar-refractivity contribution is -0.139. The van der Waals surface area contributed by atoms with Gasteiger partial charge in [0.1, 0.15) is 17.5 Å². The molecule has 0 bridgehead atoms. The first-order valence-electron chi connectivity index (χ1n) is 10.2. The summed E-state index contributed by atoms with van der Waals surface area (Å²) >= 11 is 0. The Morgan fingerprint density at radius 3 is 2.48 bits per heavy atom. The van der Waals surface area contributed by atoms with E-state index in [4.69, 9.17) is 9.15 Å². The molecule has 0 radical (unpaired) electrons. The van der Waals surface area contributed by atoms with Gasteiger partial charge in [-0.3, -0.25) is 0 Å². The van der Waals surface area contributed by atoms with Crippen LogP contribution in [-0.4, -0.2) is 39.6 Å². The number of alkyl halides is 3. The van der Waals surface area contributed by atoms with E-state index in [1.54, 1.807) is 12.1 Å². The summed E-state index contributed by atoms with van der Waals surface area (Å²) < 4.78 is 50.7. The fourth-order valence-corrected chi connectivity index (χ4v) is 3.47. The third-order valence-corrected chi connectivity index (χ3v) is 5.05. The van der Waals surface area contributed by atoms with Crippen molar-refractivity contribution in [3.05, 3.63) is 47.9 Å². The summed E-state index contributed by atoms with van der Waals surface area (Å²) in [6.07, 6.45) is -1.94. The normalized spacial score (nSPS) is 15.3. The van der Waals surface area contributed by atoms with Crippen molar-refractivity contribution in [3.63, 3.8) is 0 Å². The zero-order chi connectivity index (χ0) is 21.8. The molecule has 0 N–H and O–H groups in total. The van der Waals surface area contributed by atoms with Crippen molar-refractivity contribution < 1.29 is 22.3 Å². The smallest absolute Gasteiger partial charge is 0.419 e. The molecule has 0 aliphatic carbocycles. The van der Waals surface area contributed by atoms with Gasteiger partial charge >= 0.3 is 6.18 Å². The molecular formula is C21H22F3N5O2. The van der Waals surface area contributed by atoms with E-state index >= 15 is 0 Å². The quantitative estimate of drug-likeness (QED) is 0.565. The molecule has 1 aliphatic heterocycles. The van der Waals surface area contributed by atoms with E-state index in [2.05, 4.69) is 20.4 Å². The van der Waals surface area contributed by atoms with Crippen molar-refractivity contribution in [2.75, 3.05) is 18.0 Å². The van der Waals surface area contributed by atoms with Gasteiger partial charge in [0, 0.05) is 32.4 Å². The molecule has 31 heavy (non-hydrogen) atoms. The summed E-state index contributed by atoms with van der Waals surface area (Å²) in [5.41, 5.74) is -0.248. The average molecular weight is 433 g/mol. The summed E-state index contributed by atoms with van der Waals surface area (Å²) in [5.74, 6) is 1.46. The fourth-order valence-electron chi connectivity index (χ4n) is 3.47. The van der Waals surface area contributed by atoms with E-state index in [0.29, 0.717) is 55.6 Å². The van der Waals surface area contributed by atoms with Gasteiger partial charge in [-0.1, -0.05) is 19.1 Å². The Bertz CT molecular complexity index is 999. The molecule has 0 spiro atoms. The molecule has 3 aromatic rings. The summed E-state index contributed by atoms with van der Waals surface area (Å²) in [5, 5.41) is 16.4. The molecule has 0 saturated carbocycles. The summed E-state index contributed by atoms with van der Waals surface area (Å²) in [6, 6.07) is 8.91. The Hall–Kier alpha value is -3.17. The first kappa shape index (κ1) is 21.1. The molecule has 164 valence electrons. The van der Waals surface area contributed by atoms with E-state index in [9.17, 15) is 13.2 Å². The van der Waals surface area contributed by atoms with Gasteiger partial charge in [-0.25, -0.2) is 0 Å². The first-order chi connectivity index (χ1) is 14.9. The summed E-state index contributed by atoms with van der Waals surface area (Å²) in [6.45, 7) is 3.24. The van der Waals surface area contributed by atoms with Crippen molar-refractivity contribution in [1.82, 2.24) is 20.4 Å². The van der Waals surface area contributed by atoms with Crippen LogP contribution in [-0.2, 0) is 12.6 Å². The molecule has 1 aromatic carbocycles. The number of anilines is 1. The maximum atomic E-state index is 13.2. The second-order valence-electron chi connectivity index (χ2n) is 7.33. The van der Waals surface area contributed by atoms with Crippen LogP contribution in [0, 0.1) is 0 Å². The Morgan fingerprint density at radius 2 is 1.81 bits per heavy atom. The molecule has 10 heteroatoms. The number of hydrogen-bond donors (Lipinski definition) is 0. The maximum Gasteiger partial charge on any atom is 0.419 e. The highest BCUT2D eigenvalue weighted by atomic mass is 19.4. The number of benzene rings is 1. The second-order valence-corrected chi connectivity index (χ2v) is 7.33. The van der Waals surface area contributed by atoms with Gasteiger partial charge in [-0.2, -0.15) is 13.2 Å². The van der Waals surface area contributed by atoms with Crippen molar-refractivity contribution >= 4 is 5.82 Å². The summed E-state index contributed by atoms with van der Waals surface area (Å²) in [7, 11) is 0. The molecule has 2 aromatic heterocycles. The molecular weight excluding hydrogens is 411 g/mol. The minimum Gasteiger partial charge on any atom is -0.490 e. The monoisotopic (exact) mass is 433 g/mol. The largest absolute Gasteiger partial charge is 0.490 e. The minimum atomic E-state index is -4.44. The van der Waals surface area contributed by atoms with E-state index in [1.165, 1.54) is 12.1 Å². The standard InChI is InChI=1S/C21H22F3N5O2/c1-2-5-19-27-28-20(31-19)16-8-9-18(26-25-16)29-12-10-14(11-13-29)30-17-7-4-3-6-15(17)21(22,23)24/h3-4,6-9,14H,2,5,10-13H2,1H3.